The molecule has 1 aromatic heterocycles. The van der Waals surface area contributed by atoms with E-state index in [1.165, 1.54) is 0 Å². The van der Waals surface area contributed by atoms with E-state index in [0.29, 0.717) is 11.6 Å². The van der Waals surface area contributed by atoms with E-state index in [2.05, 4.69) is 67.4 Å². The summed E-state index contributed by atoms with van der Waals surface area (Å²) in [5, 5.41) is 7.96. The van der Waals surface area contributed by atoms with Crippen molar-refractivity contribution in [3.05, 3.63) is 78.6 Å². The zero-order chi connectivity index (χ0) is 20.2. The van der Waals surface area contributed by atoms with Crippen LogP contribution in [0.4, 0.5) is 0 Å². The Hall–Kier alpha value is -2.88. The van der Waals surface area contributed by atoms with Gasteiger partial charge in [0, 0.05) is 34.1 Å². The molecule has 144 valence electrons. The van der Waals surface area contributed by atoms with Crippen LogP contribution in [0.3, 0.4) is 0 Å². The van der Waals surface area contributed by atoms with Crippen LogP contribution >= 0.6 is 0 Å². The van der Waals surface area contributed by atoms with Gasteiger partial charge in [0.2, 0.25) is 0 Å². The maximum absolute atomic E-state index is 5.94. The van der Waals surface area contributed by atoms with Gasteiger partial charge in [-0.15, -0.1) is 0 Å². The summed E-state index contributed by atoms with van der Waals surface area (Å²) in [7, 11) is 0. The van der Waals surface area contributed by atoms with Gasteiger partial charge in [0.25, 0.3) is 0 Å². The third kappa shape index (κ3) is 5.30. The molecule has 0 unspecified atom stereocenters. The standard InChI is InChI=1S/C23H32N4/c1-15(2)12-16(3)26-22(17(4)27-23(6,7)18(5)24)13-19-14-25-21-11-9-8-10-20(19)21/h8-11,13-15,25-27H,3-5,12,24H2,1-2,6-7H3/b22-13-. The highest BCUT2D eigenvalue weighted by Gasteiger charge is 2.21. The van der Waals surface area contributed by atoms with E-state index >= 15 is 0 Å². The number of hydrogen-bond acceptors (Lipinski definition) is 3. The maximum atomic E-state index is 5.94. The van der Waals surface area contributed by atoms with Crippen molar-refractivity contribution in [1.29, 1.82) is 0 Å². The number of hydrogen-bond donors (Lipinski definition) is 4. The molecular formula is C23H32N4. The Balaban J connectivity index is 2.38. The monoisotopic (exact) mass is 364 g/mol. The SMILES string of the molecule is C=C(CC(C)C)N/C(=C\c1c[nH]c2ccccc12)C(=C)NC(C)(C)C(=C)N. The fourth-order valence-corrected chi connectivity index (χ4v) is 2.83. The number of rotatable bonds is 9. The first-order valence-electron chi connectivity index (χ1n) is 9.25. The molecular weight excluding hydrogens is 332 g/mol. The van der Waals surface area contributed by atoms with Gasteiger partial charge >= 0.3 is 0 Å². The van der Waals surface area contributed by atoms with Crippen molar-refractivity contribution in [1.82, 2.24) is 15.6 Å². The number of aromatic amines is 1. The van der Waals surface area contributed by atoms with Crippen LogP contribution in [0, 0.1) is 5.92 Å². The van der Waals surface area contributed by atoms with E-state index in [-0.39, 0.29) is 0 Å². The molecule has 0 saturated carbocycles. The van der Waals surface area contributed by atoms with Crippen molar-refractivity contribution in [3.63, 3.8) is 0 Å². The van der Waals surface area contributed by atoms with Crippen LogP contribution < -0.4 is 16.4 Å². The van der Waals surface area contributed by atoms with Crippen LogP contribution in [0.5, 0.6) is 0 Å². The van der Waals surface area contributed by atoms with E-state index in [4.69, 9.17) is 5.73 Å². The molecule has 4 heteroatoms. The molecule has 0 fully saturated rings. The zero-order valence-corrected chi connectivity index (χ0v) is 16.9. The molecule has 0 radical (unpaired) electrons. The molecule has 0 aliphatic heterocycles. The molecule has 0 aliphatic rings. The number of benzene rings is 1. The maximum Gasteiger partial charge on any atom is 0.0706 e. The first kappa shape index (κ1) is 20.4. The van der Waals surface area contributed by atoms with Crippen molar-refractivity contribution in [2.24, 2.45) is 11.7 Å². The molecule has 1 aromatic carbocycles. The van der Waals surface area contributed by atoms with Gasteiger partial charge in [0.15, 0.2) is 0 Å². The number of H-pyrrole nitrogens is 1. The average molecular weight is 365 g/mol. The van der Waals surface area contributed by atoms with Crippen LogP contribution in [0.25, 0.3) is 17.0 Å². The van der Waals surface area contributed by atoms with Gasteiger partial charge in [0.1, 0.15) is 0 Å². The van der Waals surface area contributed by atoms with Gasteiger partial charge in [-0.2, -0.15) is 0 Å². The van der Waals surface area contributed by atoms with Crippen LogP contribution in [0.2, 0.25) is 0 Å². The second-order valence-electron chi connectivity index (χ2n) is 7.93. The van der Waals surface area contributed by atoms with Gasteiger partial charge in [-0.1, -0.05) is 51.8 Å². The second-order valence-corrected chi connectivity index (χ2v) is 7.93. The first-order valence-corrected chi connectivity index (χ1v) is 9.25. The first-order chi connectivity index (χ1) is 12.6. The molecule has 2 rings (SSSR count). The van der Waals surface area contributed by atoms with Gasteiger partial charge in [0.05, 0.1) is 16.9 Å². The van der Waals surface area contributed by atoms with Gasteiger partial charge < -0.3 is 21.4 Å². The Kier molecular flexibility index (Phi) is 6.21. The lowest BCUT2D eigenvalue weighted by Crippen LogP contribution is -2.44. The predicted molar refractivity (Wildman–Crippen MR) is 118 cm³/mol. The Bertz CT molecular complexity index is 881. The number of nitrogens with one attached hydrogen (secondary N) is 3. The number of allylic oxidation sites excluding steroid dienone is 1. The average Bonchev–Trinajstić information content (AvgIpc) is 2.96. The van der Waals surface area contributed by atoms with Gasteiger partial charge in [-0.05, 0) is 38.3 Å². The summed E-state index contributed by atoms with van der Waals surface area (Å²) in [5.74, 6) is 0.515. The van der Waals surface area contributed by atoms with Gasteiger partial charge in [-0.25, -0.2) is 0 Å². The summed E-state index contributed by atoms with van der Waals surface area (Å²) in [6.07, 6.45) is 4.96. The smallest absolute Gasteiger partial charge is 0.0706 e. The van der Waals surface area contributed by atoms with Crippen LogP contribution in [0.15, 0.2) is 73.0 Å². The number of aromatic nitrogens is 1. The van der Waals surface area contributed by atoms with Gasteiger partial charge in [-0.3, -0.25) is 0 Å². The Labute approximate surface area is 162 Å². The van der Waals surface area contributed by atoms with E-state index in [9.17, 15) is 0 Å². The van der Waals surface area contributed by atoms with Crippen molar-refractivity contribution < 1.29 is 0 Å². The largest absolute Gasteiger partial charge is 0.401 e. The second kappa shape index (κ2) is 8.21. The summed E-state index contributed by atoms with van der Waals surface area (Å²) in [6, 6.07) is 8.21. The van der Waals surface area contributed by atoms with E-state index in [1.807, 2.05) is 32.2 Å². The van der Waals surface area contributed by atoms with Crippen molar-refractivity contribution in [3.8, 4) is 0 Å². The topological polar surface area (TPSA) is 65.9 Å². The summed E-state index contributed by atoms with van der Waals surface area (Å²) in [6.45, 7) is 20.6. The lowest BCUT2D eigenvalue weighted by molar-refractivity contribution is 0.498. The van der Waals surface area contributed by atoms with Crippen LogP contribution in [0.1, 0.15) is 39.7 Å². The van der Waals surface area contributed by atoms with Crippen LogP contribution in [-0.4, -0.2) is 10.5 Å². The minimum absolute atomic E-state index is 0.475. The molecule has 0 saturated heterocycles. The third-order valence-electron chi connectivity index (χ3n) is 4.48. The predicted octanol–water partition coefficient (Wildman–Crippen LogP) is 5.01. The molecule has 5 N–H and O–H groups in total. The Morgan fingerprint density at radius 2 is 1.89 bits per heavy atom. The number of para-hydroxylation sites is 1. The zero-order valence-electron chi connectivity index (χ0n) is 16.9. The fraction of sp³-hybridized carbons (Fsp3) is 0.304. The van der Waals surface area contributed by atoms with Crippen molar-refractivity contribution >= 4 is 17.0 Å². The lowest BCUT2D eigenvalue weighted by Gasteiger charge is -2.30. The molecule has 0 spiro atoms. The van der Waals surface area contributed by atoms with E-state index in [0.717, 1.165) is 40.0 Å². The minimum atomic E-state index is -0.475. The summed E-state index contributed by atoms with van der Waals surface area (Å²) in [5.41, 5.74) is 10.7. The highest BCUT2D eigenvalue weighted by Crippen LogP contribution is 2.23. The highest BCUT2D eigenvalue weighted by molar-refractivity contribution is 5.89. The molecule has 27 heavy (non-hydrogen) atoms. The molecule has 1 heterocycles. The molecule has 0 aliphatic carbocycles. The van der Waals surface area contributed by atoms with E-state index < -0.39 is 5.54 Å². The minimum Gasteiger partial charge on any atom is -0.401 e. The molecule has 4 nitrogen and oxygen atoms in total. The number of nitrogens with two attached hydrogens (primary N) is 1. The highest BCUT2D eigenvalue weighted by atomic mass is 15.0. The molecule has 0 amide bonds. The quantitative estimate of drug-likeness (QED) is 0.473. The lowest BCUT2D eigenvalue weighted by atomic mass is 10.0. The summed E-state index contributed by atoms with van der Waals surface area (Å²) in [4.78, 5) is 3.31. The third-order valence-corrected chi connectivity index (χ3v) is 4.48. The van der Waals surface area contributed by atoms with E-state index in [1.54, 1.807) is 0 Å². The summed E-state index contributed by atoms with van der Waals surface area (Å²) >= 11 is 0. The Morgan fingerprint density at radius 3 is 2.52 bits per heavy atom. The normalized spacial score (nSPS) is 12.3. The fourth-order valence-electron chi connectivity index (χ4n) is 2.83. The molecule has 0 atom stereocenters. The van der Waals surface area contributed by atoms with Crippen molar-refractivity contribution in [2.75, 3.05) is 0 Å². The molecule has 2 aromatic rings. The van der Waals surface area contributed by atoms with Crippen LogP contribution in [-0.2, 0) is 0 Å². The summed E-state index contributed by atoms with van der Waals surface area (Å²) < 4.78 is 0. The Morgan fingerprint density at radius 1 is 1.22 bits per heavy atom. The number of fused-ring (bicyclic) bond motifs is 1. The van der Waals surface area contributed by atoms with Crippen molar-refractivity contribution in [2.45, 2.75) is 39.7 Å². The molecule has 0 bridgehead atoms.